The number of methoxy groups -OCH3 is 1. The number of furan rings is 1. The van der Waals surface area contributed by atoms with Gasteiger partial charge in [-0.1, -0.05) is 29.8 Å². The summed E-state index contributed by atoms with van der Waals surface area (Å²) in [6.45, 7) is 3.37. The summed E-state index contributed by atoms with van der Waals surface area (Å²) < 4.78 is 9.77. The summed E-state index contributed by atoms with van der Waals surface area (Å²) in [5.41, 5.74) is 3.25. The summed E-state index contributed by atoms with van der Waals surface area (Å²) in [4.78, 5) is 11.4. The van der Waals surface area contributed by atoms with E-state index in [1.165, 1.54) is 24.5 Å². The molecule has 0 spiro atoms. The van der Waals surface area contributed by atoms with Crippen molar-refractivity contribution in [2.75, 3.05) is 7.11 Å². The zero-order chi connectivity index (χ0) is 13.7. The van der Waals surface area contributed by atoms with E-state index < -0.39 is 5.97 Å². The van der Waals surface area contributed by atoms with Gasteiger partial charge >= 0.3 is 5.97 Å². The molecule has 19 heavy (non-hydrogen) atoms. The van der Waals surface area contributed by atoms with Crippen molar-refractivity contribution in [2.24, 2.45) is 0 Å². The number of benzene rings is 1. The van der Waals surface area contributed by atoms with Crippen LogP contribution in [0.4, 0.5) is 0 Å². The molecule has 100 valence electrons. The highest BCUT2D eigenvalue weighted by atomic mass is 16.5. The zero-order valence-electron chi connectivity index (χ0n) is 11.1. The number of esters is 1. The molecule has 0 bridgehead atoms. The Labute approximate surface area is 112 Å². The Kier molecular flexibility index (Phi) is 4.36. The lowest BCUT2D eigenvalue weighted by atomic mass is 10.1. The van der Waals surface area contributed by atoms with Gasteiger partial charge in [0, 0.05) is 18.7 Å². The third kappa shape index (κ3) is 3.45. The molecule has 4 heteroatoms. The number of hydrogen-bond acceptors (Lipinski definition) is 4. The van der Waals surface area contributed by atoms with Crippen molar-refractivity contribution in [3.05, 3.63) is 59.0 Å². The van der Waals surface area contributed by atoms with Gasteiger partial charge in [0.1, 0.15) is 0 Å². The molecular weight excluding hydrogens is 242 g/mol. The average molecular weight is 259 g/mol. The van der Waals surface area contributed by atoms with Crippen molar-refractivity contribution in [3.8, 4) is 0 Å². The number of rotatable bonds is 5. The first-order valence-corrected chi connectivity index (χ1v) is 6.11. The fraction of sp³-hybridized carbons (Fsp3) is 0.267. The van der Waals surface area contributed by atoms with Crippen LogP contribution in [0.1, 0.15) is 27.2 Å². The summed E-state index contributed by atoms with van der Waals surface area (Å²) in [6, 6.07) is 10.1. The molecule has 0 radical (unpaired) electrons. The molecule has 1 heterocycles. The van der Waals surface area contributed by atoms with Gasteiger partial charge in [-0.05, 0) is 18.6 Å². The Morgan fingerprint density at radius 2 is 1.95 bits per heavy atom. The van der Waals surface area contributed by atoms with E-state index in [0.717, 1.165) is 12.1 Å². The second kappa shape index (κ2) is 6.20. The molecule has 0 aliphatic heterocycles. The Morgan fingerprint density at radius 3 is 2.63 bits per heavy atom. The third-order valence-electron chi connectivity index (χ3n) is 2.88. The van der Waals surface area contributed by atoms with E-state index in [0.29, 0.717) is 6.54 Å². The molecule has 1 N–H and O–H groups in total. The van der Waals surface area contributed by atoms with Crippen molar-refractivity contribution >= 4 is 5.97 Å². The predicted octanol–water partition coefficient (Wildman–Crippen LogP) is 2.66. The Balaban J connectivity index is 1.91. The van der Waals surface area contributed by atoms with Crippen LogP contribution in [0.15, 0.2) is 41.0 Å². The number of hydrogen-bond donors (Lipinski definition) is 1. The second-order valence-corrected chi connectivity index (χ2v) is 4.36. The molecule has 0 saturated carbocycles. The highest BCUT2D eigenvalue weighted by molar-refractivity contribution is 5.87. The van der Waals surface area contributed by atoms with E-state index in [9.17, 15) is 4.79 Å². The van der Waals surface area contributed by atoms with Crippen LogP contribution in [0.5, 0.6) is 0 Å². The van der Waals surface area contributed by atoms with Crippen LogP contribution in [0.25, 0.3) is 0 Å². The third-order valence-corrected chi connectivity index (χ3v) is 2.88. The Morgan fingerprint density at radius 1 is 1.21 bits per heavy atom. The molecule has 0 saturated heterocycles. The van der Waals surface area contributed by atoms with Gasteiger partial charge in [0.15, 0.2) is 0 Å². The quantitative estimate of drug-likeness (QED) is 0.839. The first kappa shape index (κ1) is 13.4. The summed E-state index contributed by atoms with van der Waals surface area (Å²) >= 11 is 0. The maximum atomic E-state index is 11.4. The minimum atomic E-state index is -0.447. The average Bonchev–Trinajstić information content (AvgIpc) is 2.88. The normalized spacial score (nSPS) is 10.4. The Hall–Kier alpha value is -2.07. The topological polar surface area (TPSA) is 51.5 Å². The van der Waals surface area contributed by atoms with Crippen LogP contribution in [-0.2, 0) is 17.8 Å². The first-order chi connectivity index (χ1) is 9.20. The molecule has 1 aromatic heterocycles. The van der Waals surface area contributed by atoms with Crippen molar-refractivity contribution in [3.63, 3.8) is 0 Å². The molecule has 0 unspecified atom stereocenters. The van der Waals surface area contributed by atoms with Crippen LogP contribution in [-0.4, -0.2) is 13.1 Å². The fourth-order valence-corrected chi connectivity index (χ4v) is 1.79. The minimum Gasteiger partial charge on any atom is -0.463 e. The monoisotopic (exact) mass is 259 g/mol. The lowest BCUT2D eigenvalue weighted by Gasteiger charge is -2.05. The minimum absolute atomic E-state index is 0.263. The van der Waals surface area contributed by atoms with E-state index in [1.807, 2.05) is 0 Å². The summed E-state index contributed by atoms with van der Waals surface area (Å²) in [6.07, 6.45) is 1.50. The standard InChI is InChI=1S/C15H17NO3/c1-11-3-5-12(6-4-11)9-16-10-13-7-8-19-14(13)15(17)18-2/h3-8,16H,9-10H2,1-2H3. The van der Waals surface area contributed by atoms with Crippen molar-refractivity contribution in [1.29, 1.82) is 0 Å². The highest BCUT2D eigenvalue weighted by Gasteiger charge is 2.14. The highest BCUT2D eigenvalue weighted by Crippen LogP contribution is 2.12. The summed E-state index contributed by atoms with van der Waals surface area (Å²) in [5.74, 6) is -0.184. The van der Waals surface area contributed by atoms with Gasteiger partial charge in [0.2, 0.25) is 5.76 Å². The zero-order valence-corrected chi connectivity index (χ0v) is 11.1. The van der Waals surface area contributed by atoms with E-state index in [-0.39, 0.29) is 5.76 Å². The van der Waals surface area contributed by atoms with E-state index in [2.05, 4.69) is 41.2 Å². The molecule has 0 aliphatic carbocycles. The van der Waals surface area contributed by atoms with Crippen LogP contribution in [0.2, 0.25) is 0 Å². The number of aryl methyl sites for hydroxylation is 1. The van der Waals surface area contributed by atoms with Crippen molar-refractivity contribution in [1.82, 2.24) is 5.32 Å². The van der Waals surface area contributed by atoms with Crippen LogP contribution >= 0.6 is 0 Å². The predicted molar refractivity (Wildman–Crippen MR) is 71.8 cm³/mol. The van der Waals surface area contributed by atoms with Crippen molar-refractivity contribution < 1.29 is 13.9 Å². The van der Waals surface area contributed by atoms with Gasteiger partial charge in [0.05, 0.1) is 13.4 Å². The largest absolute Gasteiger partial charge is 0.463 e. The summed E-state index contributed by atoms with van der Waals surface area (Å²) in [5, 5.41) is 3.28. The lowest BCUT2D eigenvalue weighted by Crippen LogP contribution is -2.14. The van der Waals surface area contributed by atoms with E-state index in [4.69, 9.17) is 4.42 Å². The maximum absolute atomic E-state index is 11.4. The molecule has 0 amide bonds. The molecule has 1 aromatic carbocycles. The van der Waals surface area contributed by atoms with Gasteiger partial charge in [-0.2, -0.15) is 0 Å². The van der Waals surface area contributed by atoms with Gasteiger partial charge in [-0.15, -0.1) is 0 Å². The van der Waals surface area contributed by atoms with Gasteiger partial charge in [-0.3, -0.25) is 0 Å². The second-order valence-electron chi connectivity index (χ2n) is 4.36. The molecular formula is C15H17NO3. The van der Waals surface area contributed by atoms with Crippen LogP contribution < -0.4 is 5.32 Å². The number of carbonyl (C=O) groups excluding carboxylic acids is 1. The number of nitrogens with one attached hydrogen (secondary N) is 1. The molecule has 0 atom stereocenters. The molecule has 2 rings (SSSR count). The van der Waals surface area contributed by atoms with Gasteiger partial charge < -0.3 is 14.5 Å². The van der Waals surface area contributed by atoms with Crippen LogP contribution in [0.3, 0.4) is 0 Å². The van der Waals surface area contributed by atoms with E-state index >= 15 is 0 Å². The lowest BCUT2D eigenvalue weighted by molar-refractivity contribution is 0.0563. The van der Waals surface area contributed by atoms with Gasteiger partial charge in [-0.25, -0.2) is 4.79 Å². The van der Waals surface area contributed by atoms with E-state index in [1.54, 1.807) is 6.07 Å². The SMILES string of the molecule is COC(=O)c1occc1CNCc1ccc(C)cc1. The maximum Gasteiger partial charge on any atom is 0.374 e. The molecule has 0 fully saturated rings. The Bertz CT molecular complexity index is 543. The number of ether oxygens (including phenoxy) is 1. The molecule has 2 aromatic rings. The number of carbonyl (C=O) groups is 1. The van der Waals surface area contributed by atoms with Crippen LogP contribution in [0, 0.1) is 6.92 Å². The molecule has 0 aliphatic rings. The van der Waals surface area contributed by atoms with Crippen molar-refractivity contribution in [2.45, 2.75) is 20.0 Å². The molecule has 4 nitrogen and oxygen atoms in total. The summed E-state index contributed by atoms with van der Waals surface area (Å²) in [7, 11) is 1.34. The van der Waals surface area contributed by atoms with Gasteiger partial charge in [0.25, 0.3) is 0 Å². The first-order valence-electron chi connectivity index (χ1n) is 6.11. The fourth-order valence-electron chi connectivity index (χ4n) is 1.79. The smallest absolute Gasteiger partial charge is 0.374 e.